The maximum Gasteiger partial charge on any atom is 0.254 e. The molecule has 2 aliphatic rings. The number of hydrogen-bond donors (Lipinski definition) is 0. The Bertz CT molecular complexity index is 1210. The molecule has 0 N–H and O–H groups in total. The molecule has 0 radical (unpaired) electrons. The summed E-state index contributed by atoms with van der Waals surface area (Å²) < 4.78 is 73.0. The van der Waals surface area contributed by atoms with Crippen LogP contribution >= 0.6 is 0 Å². The Morgan fingerprint density at radius 1 is 0.706 bits per heavy atom. The van der Waals surface area contributed by atoms with Gasteiger partial charge in [0.15, 0.2) is 11.6 Å². The van der Waals surface area contributed by atoms with Crippen molar-refractivity contribution < 1.29 is 35.9 Å². The number of carbonyl (C=O) groups is 2. The van der Waals surface area contributed by atoms with Gasteiger partial charge in [-0.1, -0.05) is 0 Å². The zero-order chi connectivity index (χ0) is 24.5. The Morgan fingerprint density at radius 2 is 1.21 bits per heavy atom. The lowest BCUT2D eigenvalue weighted by molar-refractivity contribution is 0.0535. The molecule has 0 bridgehead atoms. The zero-order valence-corrected chi connectivity index (χ0v) is 18.9. The van der Waals surface area contributed by atoms with Crippen molar-refractivity contribution in [2.75, 3.05) is 52.5 Å². The van der Waals surface area contributed by atoms with Gasteiger partial charge in [-0.05, 0) is 36.4 Å². The number of amides is 2. The number of halogens is 3. The number of hydrogen-bond acceptors (Lipinski definition) is 5. The fraction of sp³-hybridized carbons (Fsp3) is 0.364. The molecule has 2 saturated heterocycles. The van der Waals surface area contributed by atoms with Crippen molar-refractivity contribution in [3.63, 3.8) is 0 Å². The van der Waals surface area contributed by atoms with Gasteiger partial charge in [-0.2, -0.15) is 4.31 Å². The summed E-state index contributed by atoms with van der Waals surface area (Å²) in [6, 6.07) is 6.08. The van der Waals surface area contributed by atoms with Crippen LogP contribution in [0.25, 0.3) is 0 Å². The van der Waals surface area contributed by atoms with E-state index in [0.717, 1.165) is 28.6 Å². The molecule has 2 aliphatic heterocycles. The van der Waals surface area contributed by atoms with Gasteiger partial charge in [-0.3, -0.25) is 9.59 Å². The lowest BCUT2D eigenvalue weighted by Gasteiger charge is -2.35. The quantitative estimate of drug-likeness (QED) is 0.642. The second-order valence-electron chi connectivity index (χ2n) is 7.87. The topological polar surface area (TPSA) is 87.2 Å². The number of carbonyl (C=O) groups excluding carboxylic acids is 2. The van der Waals surface area contributed by atoms with Crippen LogP contribution in [0.1, 0.15) is 20.7 Å². The van der Waals surface area contributed by atoms with Crippen LogP contribution in [-0.2, 0) is 14.8 Å². The van der Waals surface area contributed by atoms with Crippen molar-refractivity contribution in [1.29, 1.82) is 0 Å². The summed E-state index contributed by atoms with van der Waals surface area (Å²) in [6.07, 6.45) is 0. The molecule has 2 fully saturated rings. The molecular weight excluding hydrogens is 475 g/mol. The molecule has 8 nitrogen and oxygen atoms in total. The van der Waals surface area contributed by atoms with E-state index >= 15 is 0 Å². The van der Waals surface area contributed by atoms with Gasteiger partial charge < -0.3 is 14.5 Å². The molecule has 2 heterocycles. The molecule has 4 rings (SSSR count). The predicted octanol–water partition coefficient (Wildman–Crippen LogP) is 1.72. The summed E-state index contributed by atoms with van der Waals surface area (Å²) in [4.78, 5) is 27.8. The number of piperazine rings is 1. The van der Waals surface area contributed by atoms with Gasteiger partial charge in [-0.15, -0.1) is 0 Å². The Hall–Kier alpha value is -2.96. The summed E-state index contributed by atoms with van der Waals surface area (Å²) in [7, 11) is -4.14. The van der Waals surface area contributed by atoms with Gasteiger partial charge in [0, 0.05) is 50.4 Å². The first-order chi connectivity index (χ1) is 16.2. The lowest BCUT2D eigenvalue weighted by atomic mass is 10.1. The van der Waals surface area contributed by atoms with Gasteiger partial charge in [0.1, 0.15) is 10.7 Å². The van der Waals surface area contributed by atoms with Crippen LogP contribution in [0.5, 0.6) is 0 Å². The highest BCUT2D eigenvalue weighted by Crippen LogP contribution is 2.23. The highest BCUT2D eigenvalue weighted by Gasteiger charge is 2.31. The molecule has 0 aromatic heterocycles. The summed E-state index contributed by atoms with van der Waals surface area (Å²) in [5, 5.41) is 0. The van der Waals surface area contributed by atoms with E-state index in [0.29, 0.717) is 0 Å². The molecule has 0 atom stereocenters. The smallest absolute Gasteiger partial charge is 0.254 e. The van der Waals surface area contributed by atoms with Crippen LogP contribution in [0.3, 0.4) is 0 Å². The first-order valence-corrected chi connectivity index (χ1v) is 12.0. The molecule has 0 saturated carbocycles. The fourth-order valence-electron chi connectivity index (χ4n) is 3.87. The number of rotatable bonds is 4. The third-order valence-electron chi connectivity index (χ3n) is 5.79. The monoisotopic (exact) mass is 497 g/mol. The van der Waals surface area contributed by atoms with E-state index in [2.05, 4.69) is 0 Å². The van der Waals surface area contributed by atoms with Crippen molar-refractivity contribution in [2.24, 2.45) is 0 Å². The van der Waals surface area contributed by atoms with Crippen LogP contribution in [0.4, 0.5) is 13.2 Å². The first-order valence-electron chi connectivity index (χ1n) is 10.6. The Kier molecular flexibility index (Phi) is 6.91. The number of ether oxygens (including phenoxy) is 1. The van der Waals surface area contributed by atoms with Crippen molar-refractivity contribution in [3.05, 3.63) is 65.0 Å². The van der Waals surface area contributed by atoms with Crippen LogP contribution < -0.4 is 0 Å². The van der Waals surface area contributed by atoms with E-state index in [4.69, 9.17) is 4.74 Å². The van der Waals surface area contributed by atoms with Crippen LogP contribution in [-0.4, -0.2) is 86.8 Å². The Morgan fingerprint density at radius 3 is 1.74 bits per heavy atom. The zero-order valence-electron chi connectivity index (χ0n) is 18.0. The molecule has 0 aliphatic carbocycles. The minimum absolute atomic E-state index is 0.00447. The minimum atomic E-state index is -4.14. The van der Waals surface area contributed by atoms with Crippen molar-refractivity contribution in [3.8, 4) is 0 Å². The van der Waals surface area contributed by atoms with E-state index in [-0.39, 0.29) is 63.6 Å². The average Bonchev–Trinajstić information content (AvgIpc) is 2.85. The van der Waals surface area contributed by atoms with Crippen LogP contribution in [0.2, 0.25) is 0 Å². The molecule has 34 heavy (non-hydrogen) atoms. The third kappa shape index (κ3) is 4.79. The fourth-order valence-corrected chi connectivity index (χ4v) is 5.37. The molecule has 12 heteroatoms. The molecule has 2 aromatic rings. The molecule has 2 aromatic carbocycles. The normalized spacial score (nSPS) is 17.6. The molecule has 182 valence electrons. The largest absolute Gasteiger partial charge is 0.379 e. The van der Waals surface area contributed by atoms with Gasteiger partial charge in [0.25, 0.3) is 11.8 Å². The second kappa shape index (κ2) is 9.72. The van der Waals surface area contributed by atoms with E-state index < -0.39 is 44.2 Å². The maximum absolute atomic E-state index is 14.4. The predicted molar refractivity (Wildman–Crippen MR) is 114 cm³/mol. The van der Waals surface area contributed by atoms with Crippen molar-refractivity contribution >= 4 is 21.8 Å². The van der Waals surface area contributed by atoms with E-state index in [1.807, 2.05) is 0 Å². The Labute approximate surface area is 194 Å². The second-order valence-corrected chi connectivity index (χ2v) is 9.78. The van der Waals surface area contributed by atoms with Crippen LogP contribution in [0.15, 0.2) is 41.3 Å². The third-order valence-corrected chi connectivity index (χ3v) is 7.70. The van der Waals surface area contributed by atoms with Gasteiger partial charge in [0.2, 0.25) is 10.0 Å². The van der Waals surface area contributed by atoms with Gasteiger partial charge in [0.05, 0.1) is 13.2 Å². The SMILES string of the molecule is O=C(c1ccc(F)c(F)c1)N1CCN(C(=O)c2ccc(F)c(S(=O)(=O)N3CCOCC3)c2)CC1. The van der Waals surface area contributed by atoms with E-state index in [1.54, 1.807) is 0 Å². The molecule has 2 amide bonds. The number of benzene rings is 2. The van der Waals surface area contributed by atoms with Crippen molar-refractivity contribution in [1.82, 2.24) is 14.1 Å². The summed E-state index contributed by atoms with van der Waals surface area (Å²) in [6.45, 7) is 1.14. The lowest BCUT2D eigenvalue weighted by Crippen LogP contribution is -2.50. The highest BCUT2D eigenvalue weighted by atomic mass is 32.2. The summed E-state index contributed by atoms with van der Waals surface area (Å²) in [5.41, 5.74) is 0.00351. The van der Waals surface area contributed by atoms with Gasteiger partial charge in [-0.25, -0.2) is 21.6 Å². The highest BCUT2D eigenvalue weighted by molar-refractivity contribution is 7.89. The number of sulfonamides is 1. The average molecular weight is 497 g/mol. The molecule has 0 unspecified atom stereocenters. The minimum Gasteiger partial charge on any atom is -0.379 e. The molecular formula is C22H22F3N3O5S. The summed E-state index contributed by atoms with van der Waals surface area (Å²) in [5.74, 6) is -4.13. The number of morpholine rings is 1. The summed E-state index contributed by atoms with van der Waals surface area (Å²) >= 11 is 0. The molecule has 0 spiro atoms. The van der Waals surface area contributed by atoms with Gasteiger partial charge >= 0.3 is 0 Å². The van der Waals surface area contributed by atoms with E-state index in [9.17, 15) is 31.2 Å². The first kappa shape index (κ1) is 24.2. The standard InChI is InChI=1S/C22H22F3N3O5S/c23-17-3-1-15(13-19(17)25)21(29)26-5-7-27(8-6-26)22(30)16-2-4-18(24)20(14-16)34(31,32)28-9-11-33-12-10-28/h1-4,13-14H,5-12H2. The van der Waals surface area contributed by atoms with Crippen LogP contribution in [0, 0.1) is 17.5 Å². The van der Waals surface area contributed by atoms with Crippen molar-refractivity contribution in [2.45, 2.75) is 4.90 Å². The Balaban J connectivity index is 1.45. The maximum atomic E-state index is 14.4. The van der Waals surface area contributed by atoms with E-state index in [1.165, 1.54) is 21.9 Å². The number of nitrogens with zero attached hydrogens (tertiary/aromatic N) is 3.